The van der Waals surface area contributed by atoms with Gasteiger partial charge in [-0.1, -0.05) is 18.2 Å². The second-order valence-corrected chi connectivity index (χ2v) is 7.17. The first kappa shape index (κ1) is 17.7. The minimum absolute atomic E-state index is 0.0430. The fraction of sp³-hybridized carbons (Fsp3) is 0.450. The van der Waals surface area contributed by atoms with Crippen molar-refractivity contribution in [1.29, 1.82) is 0 Å². The lowest BCUT2D eigenvalue weighted by Gasteiger charge is -2.47. The van der Waals surface area contributed by atoms with Gasteiger partial charge in [-0.3, -0.25) is 14.3 Å². The van der Waals surface area contributed by atoms with Gasteiger partial charge < -0.3 is 14.5 Å². The lowest BCUT2D eigenvalue weighted by atomic mass is 9.90. The lowest BCUT2D eigenvalue weighted by molar-refractivity contribution is -0.144. The molecule has 2 saturated heterocycles. The molecule has 142 valence electrons. The Bertz CT molecular complexity index is 835. The Hall–Kier alpha value is -2.67. The highest BCUT2D eigenvalue weighted by atomic mass is 16.5. The summed E-state index contributed by atoms with van der Waals surface area (Å²) in [6.07, 6.45) is 3.49. The largest absolute Gasteiger partial charge is 0.361 e. The van der Waals surface area contributed by atoms with Crippen LogP contribution in [-0.2, 0) is 16.1 Å². The number of anilines is 1. The van der Waals surface area contributed by atoms with E-state index in [-0.39, 0.29) is 18.4 Å². The van der Waals surface area contributed by atoms with Gasteiger partial charge in [0.15, 0.2) is 0 Å². The number of piperidine rings is 1. The Kier molecular flexibility index (Phi) is 4.70. The van der Waals surface area contributed by atoms with Gasteiger partial charge in [-0.15, -0.1) is 0 Å². The van der Waals surface area contributed by atoms with E-state index < -0.39 is 5.60 Å². The summed E-state index contributed by atoms with van der Waals surface area (Å²) in [6, 6.07) is 11.4. The SMILES string of the molecule is CCn1ccc(C(=O)N2CCCC3(C2)CN(c2ccccc2)C(=O)CO3)n1. The van der Waals surface area contributed by atoms with Gasteiger partial charge in [0.25, 0.3) is 11.8 Å². The van der Waals surface area contributed by atoms with Crippen molar-refractivity contribution in [3.05, 3.63) is 48.3 Å². The Morgan fingerprint density at radius 3 is 2.78 bits per heavy atom. The molecule has 0 N–H and O–H groups in total. The van der Waals surface area contributed by atoms with Crippen molar-refractivity contribution in [2.24, 2.45) is 0 Å². The van der Waals surface area contributed by atoms with E-state index in [0.717, 1.165) is 25.1 Å². The number of carbonyl (C=O) groups is 2. The van der Waals surface area contributed by atoms with Gasteiger partial charge in [0.1, 0.15) is 17.9 Å². The molecule has 1 atom stereocenters. The van der Waals surface area contributed by atoms with Crippen LogP contribution < -0.4 is 4.90 Å². The third kappa shape index (κ3) is 3.47. The monoisotopic (exact) mass is 368 g/mol. The number of hydrogen-bond donors (Lipinski definition) is 0. The number of aryl methyl sites for hydroxylation is 1. The van der Waals surface area contributed by atoms with Gasteiger partial charge in [-0.25, -0.2) is 0 Å². The molecule has 1 unspecified atom stereocenters. The third-order valence-corrected chi connectivity index (χ3v) is 5.33. The van der Waals surface area contributed by atoms with Crippen molar-refractivity contribution in [2.75, 3.05) is 31.1 Å². The number of hydrogen-bond acceptors (Lipinski definition) is 4. The van der Waals surface area contributed by atoms with Crippen molar-refractivity contribution >= 4 is 17.5 Å². The topological polar surface area (TPSA) is 67.7 Å². The second kappa shape index (κ2) is 7.15. The molecule has 2 aromatic rings. The number of amides is 2. The highest BCUT2D eigenvalue weighted by Gasteiger charge is 2.44. The van der Waals surface area contributed by atoms with E-state index in [9.17, 15) is 9.59 Å². The van der Waals surface area contributed by atoms with E-state index in [1.165, 1.54) is 0 Å². The van der Waals surface area contributed by atoms with Crippen LogP contribution in [0, 0.1) is 0 Å². The summed E-state index contributed by atoms with van der Waals surface area (Å²) >= 11 is 0. The van der Waals surface area contributed by atoms with Crippen molar-refractivity contribution < 1.29 is 14.3 Å². The van der Waals surface area contributed by atoms with Crippen LogP contribution in [0.3, 0.4) is 0 Å². The minimum atomic E-state index is -0.523. The molecule has 2 amide bonds. The summed E-state index contributed by atoms with van der Waals surface area (Å²) in [6.45, 7) is 4.38. The molecule has 0 aliphatic carbocycles. The quantitative estimate of drug-likeness (QED) is 0.830. The van der Waals surface area contributed by atoms with Crippen LogP contribution in [0.5, 0.6) is 0 Å². The van der Waals surface area contributed by atoms with E-state index in [1.807, 2.05) is 48.4 Å². The van der Waals surface area contributed by atoms with Crippen molar-refractivity contribution in [3.63, 3.8) is 0 Å². The molecular formula is C20H24N4O3. The van der Waals surface area contributed by atoms with Crippen molar-refractivity contribution in [2.45, 2.75) is 31.9 Å². The van der Waals surface area contributed by atoms with Gasteiger partial charge >= 0.3 is 0 Å². The van der Waals surface area contributed by atoms with Crippen LogP contribution >= 0.6 is 0 Å². The number of aromatic nitrogens is 2. The molecule has 7 heteroatoms. The summed E-state index contributed by atoms with van der Waals surface area (Å²) in [5.41, 5.74) is 0.807. The van der Waals surface area contributed by atoms with Crippen LogP contribution in [0.25, 0.3) is 0 Å². The highest BCUT2D eigenvalue weighted by molar-refractivity contribution is 5.95. The number of rotatable bonds is 3. The zero-order valence-electron chi connectivity index (χ0n) is 15.5. The predicted molar refractivity (Wildman–Crippen MR) is 101 cm³/mol. The Balaban J connectivity index is 1.52. The van der Waals surface area contributed by atoms with Gasteiger partial charge in [0.05, 0.1) is 13.1 Å². The highest BCUT2D eigenvalue weighted by Crippen LogP contribution is 2.32. The van der Waals surface area contributed by atoms with Gasteiger partial charge in [-0.05, 0) is 38.0 Å². The molecule has 7 nitrogen and oxygen atoms in total. The molecule has 27 heavy (non-hydrogen) atoms. The number of carbonyl (C=O) groups excluding carboxylic acids is 2. The number of nitrogens with zero attached hydrogens (tertiary/aromatic N) is 4. The summed E-state index contributed by atoms with van der Waals surface area (Å²) in [5.74, 6) is -0.120. The van der Waals surface area contributed by atoms with Crippen molar-refractivity contribution in [1.82, 2.24) is 14.7 Å². The van der Waals surface area contributed by atoms with E-state index in [2.05, 4.69) is 5.10 Å². The van der Waals surface area contributed by atoms with E-state index in [1.54, 1.807) is 15.6 Å². The van der Waals surface area contributed by atoms with Crippen LogP contribution in [0.1, 0.15) is 30.3 Å². The van der Waals surface area contributed by atoms with Gasteiger partial charge in [0, 0.05) is 25.0 Å². The maximum atomic E-state index is 12.9. The maximum absolute atomic E-state index is 12.9. The number of morpholine rings is 1. The molecule has 1 aromatic carbocycles. The average Bonchev–Trinajstić information content (AvgIpc) is 3.19. The molecule has 3 heterocycles. The summed E-state index contributed by atoms with van der Waals surface area (Å²) in [7, 11) is 0. The fourth-order valence-electron chi connectivity index (χ4n) is 3.89. The lowest BCUT2D eigenvalue weighted by Crippen LogP contribution is -2.62. The fourth-order valence-corrected chi connectivity index (χ4v) is 3.89. The van der Waals surface area contributed by atoms with E-state index >= 15 is 0 Å². The molecule has 1 spiro atoms. The molecule has 2 fully saturated rings. The zero-order valence-corrected chi connectivity index (χ0v) is 15.5. The van der Waals surface area contributed by atoms with E-state index in [4.69, 9.17) is 4.74 Å². The number of benzene rings is 1. The zero-order chi connectivity index (χ0) is 18.9. The Labute approximate surface area is 158 Å². The summed E-state index contributed by atoms with van der Waals surface area (Å²) < 4.78 is 7.75. The first-order valence-corrected chi connectivity index (χ1v) is 9.42. The molecule has 4 rings (SSSR count). The Morgan fingerprint density at radius 1 is 1.22 bits per heavy atom. The molecule has 0 bridgehead atoms. The smallest absolute Gasteiger partial charge is 0.274 e. The number of ether oxygens (including phenoxy) is 1. The number of likely N-dealkylation sites (tertiary alicyclic amines) is 1. The van der Waals surface area contributed by atoms with E-state index in [0.29, 0.717) is 25.3 Å². The normalized spacial score (nSPS) is 23.1. The third-order valence-electron chi connectivity index (χ3n) is 5.33. The van der Waals surface area contributed by atoms with Crippen molar-refractivity contribution in [3.8, 4) is 0 Å². The maximum Gasteiger partial charge on any atom is 0.274 e. The summed E-state index contributed by atoms with van der Waals surface area (Å²) in [5, 5.41) is 4.33. The van der Waals surface area contributed by atoms with Crippen LogP contribution in [0.15, 0.2) is 42.6 Å². The first-order chi connectivity index (χ1) is 13.1. The minimum Gasteiger partial charge on any atom is -0.361 e. The second-order valence-electron chi connectivity index (χ2n) is 7.17. The first-order valence-electron chi connectivity index (χ1n) is 9.42. The molecule has 2 aliphatic heterocycles. The molecule has 1 aromatic heterocycles. The molecule has 0 saturated carbocycles. The molecule has 2 aliphatic rings. The van der Waals surface area contributed by atoms with Gasteiger partial charge in [0.2, 0.25) is 0 Å². The molecule has 0 radical (unpaired) electrons. The predicted octanol–water partition coefficient (Wildman–Crippen LogP) is 1.94. The Morgan fingerprint density at radius 2 is 2.04 bits per heavy atom. The average molecular weight is 368 g/mol. The van der Waals surface area contributed by atoms with Crippen LogP contribution in [0.4, 0.5) is 5.69 Å². The van der Waals surface area contributed by atoms with Gasteiger partial charge in [-0.2, -0.15) is 5.10 Å². The van der Waals surface area contributed by atoms with Crippen LogP contribution in [0.2, 0.25) is 0 Å². The number of para-hydroxylation sites is 1. The van der Waals surface area contributed by atoms with Crippen LogP contribution in [-0.4, -0.2) is 58.3 Å². The molecular weight excluding hydrogens is 344 g/mol. The summed E-state index contributed by atoms with van der Waals surface area (Å²) in [4.78, 5) is 28.9. The standard InChI is InChI=1S/C20H24N4O3/c1-2-23-12-9-17(21-23)19(26)22-11-6-10-20(14-22)15-24(18(25)13-27-20)16-7-4-3-5-8-16/h3-5,7-9,12H,2,6,10-11,13-15H2,1H3.